The summed E-state index contributed by atoms with van der Waals surface area (Å²) in [7, 11) is 0. The van der Waals surface area contributed by atoms with Crippen molar-refractivity contribution >= 4 is 11.8 Å². The highest BCUT2D eigenvalue weighted by Gasteiger charge is 2.45. The molecule has 1 aliphatic rings. The number of carboxylic acids is 1. The van der Waals surface area contributed by atoms with E-state index in [1.165, 1.54) is 25.1 Å². The van der Waals surface area contributed by atoms with E-state index in [2.05, 4.69) is 0 Å². The third kappa shape index (κ3) is 4.24. The number of hydrogen-bond donors (Lipinski definition) is 7. The number of ketones is 1. The molecular formula is C21H22O11. The number of ether oxygens (including phenoxy) is 2. The van der Waals surface area contributed by atoms with Crippen LogP contribution in [0.5, 0.6) is 17.2 Å². The Morgan fingerprint density at radius 1 is 1.00 bits per heavy atom. The number of rotatable bonds is 6. The normalized spacial score (nSPS) is 25.3. The van der Waals surface area contributed by atoms with Crippen molar-refractivity contribution in [2.75, 3.05) is 6.61 Å². The van der Waals surface area contributed by atoms with Gasteiger partial charge in [-0.05, 0) is 36.8 Å². The first kappa shape index (κ1) is 23.4. The van der Waals surface area contributed by atoms with Crippen LogP contribution >= 0.6 is 0 Å². The molecule has 11 nitrogen and oxygen atoms in total. The minimum atomic E-state index is -1.82. The van der Waals surface area contributed by atoms with Crippen LogP contribution in [0.4, 0.5) is 0 Å². The number of carbonyl (C=O) groups excluding carboxylic acids is 1. The van der Waals surface area contributed by atoms with Crippen LogP contribution in [0.2, 0.25) is 0 Å². The Labute approximate surface area is 181 Å². The van der Waals surface area contributed by atoms with Crippen molar-refractivity contribution in [1.29, 1.82) is 0 Å². The number of aliphatic hydroxyl groups excluding tert-OH is 4. The summed E-state index contributed by atoms with van der Waals surface area (Å²) in [6.45, 7) is 0.787. The van der Waals surface area contributed by atoms with Crippen molar-refractivity contribution < 1.29 is 54.8 Å². The molecule has 11 heteroatoms. The molecule has 0 unspecified atom stereocenters. The first-order valence-electron chi connectivity index (χ1n) is 9.47. The Morgan fingerprint density at radius 2 is 1.62 bits per heavy atom. The molecule has 0 aromatic heterocycles. The van der Waals surface area contributed by atoms with E-state index >= 15 is 0 Å². The Hall–Kier alpha value is -3.22. The van der Waals surface area contributed by atoms with Crippen LogP contribution in [-0.4, -0.2) is 84.8 Å². The SMILES string of the molecule is Cc1cc(O[C@@H]2O[C@H](CO)[C@@H](O)[C@H](O)[C@H]2O)c(C(=O)c2c(O)cccc2O)c(C(=O)O)c1. The summed E-state index contributed by atoms with van der Waals surface area (Å²) >= 11 is 0. The molecule has 5 atom stereocenters. The Bertz CT molecular complexity index is 1010. The van der Waals surface area contributed by atoms with Crippen LogP contribution in [0.15, 0.2) is 30.3 Å². The number of aromatic carboxylic acids is 1. The third-order valence-corrected chi connectivity index (χ3v) is 5.04. The van der Waals surface area contributed by atoms with E-state index in [-0.39, 0.29) is 5.75 Å². The highest BCUT2D eigenvalue weighted by Crippen LogP contribution is 2.36. The van der Waals surface area contributed by atoms with E-state index in [0.717, 1.165) is 12.1 Å². The van der Waals surface area contributed by atoms with Crippen LogP contribution in [-0.2, 0) is 4.74 Å². The second kappa shape index (κ2) is 9.10. The lowest BCUT2D eigenvalue weighted by Crippen LogP contribution is -2.60. The van der Waals surface area contributed by atoms with E-state index in [1.807, 2.05) is 0 Å². The maximum atomic E-state index is 13.2. The number of hydrogen-bond acceptors (Lipinski definition) is 10. The van der Waals surface area contributed by atoms with Gasteiger partial charge >= 0.3 is 5.97 Å². The zero-order chi connectivity index (χ0) is 23.7. The van der Waals surface area contributed by atoms with E-state index in [1.54, 1.807) is 0 Å². The van der Waals surface area contributed by atoms with Crippen LogP contribution in [0, 0.1) is 6.92 Å². The van der Waals surface area contributed by atoms with E-state index in [4.69, 9.17) is 9.47 Å². The van der Waals surface area contributed by atoms with Gasteiger partial charge in [0.05, 0.1) is 17.7 Å². The van der Waals surface area contributed by atoms with Gasteiger partial charge in [0.25, 0.3) is 0 Å². The van der Waals surface area contributed by atoms with Crippen LogP contribution in [0.1, 0.15) is 31.8 Å². The summed E-state index contributed by atoms with van der Waals surface area (Å²) in [4.78, 5) is 25.1. The molecule has 2 aromatic rings. The fourth-order valence-electron chi connectivity index (χ4n) is 3.42. The van der Waals surface area contributed by atoms with Crippen LogP contribution in [0.25, 0.3) is 0 Å². The smallest absolute Gasteiger partial charge is 0.336 e. The number of benzene rings is 2. The predicted octanol–water partition coefficient (Wildman–Crippen LogP) is -0.486. The zero-order valence-corrected chi connectivity index (χ0v) is 16.7. The van der Waals surface area contributed by atoms with Gasteiger partial charge < -0.3 is 45.2 Å². The molecular weight excluding hydrogens is 428 g/mol. The minimum absolute atomic E-state index is 0.347. The molecule has 0 amide bonds. The number of carboxylic acid groups (broad SMARTS) is 1. The van der Waals surface area contributed by atoms with Crippen molar-refractivity contribution in [3.8, 4) is 17.2 Å². The summed E-state index contributed by atoms with van der Waals surface area (Å²) in [6.07, 6.45) is -8.23. The average molecular weight is 450 g/mol. The molecule has 1 saturated heterocycles. The molecule has 0 bridgehead atoms. The molecule has 7 N–H and O–H groups in total. The van der Waals surface area contributed by atoms with E-state index < -0.39 is 77.3 Å². The lowest BCUT2D eigenvalue weighted by atomic mass is 9.94. The monoisotopic (exact) mass is 450 g/mol. The van der Waals surface area contributed by atoms with Crippen LogP contribution < -0.4 is 4.74 Å². The van der Waals surface area contributed by atoms with Gasteiger partial charge in [-0.25, -0.2) is 4.79 Å². The predicted molar refractivity (Wildman–Crippen MR) is 106 cm³/mol. The lowest BCUT2D eigenvalue weighted by molar-refractivity contribution is -0.277. The topological polar surface area (TPSA) is 194 Å². The van der Waals surface area contributed by atoms with Crippen LogP contribution in [0.3, 0.4) is 0 Å². The van der Waals surface area contributed by atoms with Crippen molar-refractivity contribution in [2.24, 2.45) is 0 Å². The summed E-state index contributed by atoms with van der Waals surface area (Å²) in [5, 5.41) is 69.3. The quantitative estimate of drug-likeness (QED) is 0.281. The Kier molecular flexibility index (Phi) is 6.67. The number of aliphatic hydroxyl groups is 4. The maximum absolute atomic E-state index is 13.2. The van der Waals surface area contributed by atoms with Gasteiger partial charge in [0, 0.05) is 0 Å². The minimum Gasteiger partial charge on any atom is -0.507 e. The molecule has 0 saturated carbocycles. The number of phenols is 2. The highest BCUT2D eigenvalue weighted by atomic mass is 16.7. The fourth-order valence-corrected chi connectivity index (χ4v) is 3.42. The molecule has 2 aromatic carbocycles. The second-order valence-electron chi connectivity index (χ2n) is 7.31. The molecule has 32 heavy (non-hydrogen) atoms. The van der Waals surface area contributed by atoms with E-state index in [0.29, 0.717) is 5.56 Å². The standard InChI is InChI=1S/C21H22O11/c1-8-5-9(20(29)30)14(17(26)15-10(23)3-2-4-11(15)24)12(6-8)31-21-19(28)18(27)16(25)13(7-22)32-21/h2-6,13,16,18-19,21-25,27-28H,7H2,1H3,(H,29,30)/t13-,16-,18+,19-,21-/m1/s1. The first-order chi connectivity index (χ1) is 15.1. The van der Waals surface area contributed by atoms with Gasteiger partial charge in [-0.15, -0.1) is 0 Å². The van der Waals surface area contributed by atoms with Gasteiger partial charge in [0.2, 0.25) is 12.1 Å². The Morgan fingerprint density at radius 3 is 2.19 bits per heavy atom. The van der Waals surface area contributed by atoms with Gasteiger partial charge in [-0.1, -0.05) is 6.07 Å². The largest absolute Gasteiger partial charge is 0.507 e. The van der Waals surface area contributed by atoms with Gasteiger partial charge in [-0.3, -0.25) is 4.79 Å². The third-order valence-electron chi connectivity index (χ3n) is 5.04. The van der Waals surface area contributed by atoms with E-state index in [9.17, 15) is 45.3 Å². The first-order valence-corrected chi connectivity index (χ1v) is 9.47. The summed E-state index contributed by atoms with van der Waals surface area (Å²) in [6, 6.07) is 5.96. The van der Waals surface area contributed by atoms with Gasteiger partial charge in [0.1, 0.15) is 47.2 Å². The van der Waals surface area contributed by atoms with Crippen molar-refractivity contribution in [2.45, 2.75) is 37.6 Å². The number of aryl methyl sites for hydroxylation is 1. The second-order valence-corrected chi connectivity index (χ2v) is 7.31. The Balaban J connectivity index is 2.12. The molecule has 1 heterocycles. The molecule has 0 aliphatic carbocycles. The van der Waals surface area contributed by atoms with Gasteiger partial charge in [0.15, 0.2) is 0 Å². The summed E-state index contributed by atoms with van der Waals surface area (Å²) < 4.78 is 10.8. The molecule has 0 radical (unpaired) electrons. The summed E-state index contributed by atoms with van der Waals surface area (Å²) in [5.74, 6) is -4.20. The zero-order valence-electron chi connectivity index (χ0n) is 16.7. The highest BCUT2D eigenvalue weighted by molar-refractivity contribution is 6.18. The van der Waals surface area contributed by atoms with Crippen molar-refractivity contribution in [3.05, 3.63) is 52.6 Å². The van der Waals surface area contributed by atoms with Crippen molar-refractivity contribution in [3.63, 3.8) is 0 Å². The molecule has 3 rings (SSSR count). The maximum Gasteiger partial charge on any atom is 0.336 e. The lowest BCUT2D eigenvalue weighted by Gasteiger charge is -2.39. The number of carbonyl (C=O) groups is 2. The molecule has 1 fully saturated rings. The molecule has 172 valence electrons. The average Bonchev–Trinajstić information content (AvgIpc) is 2.73. The molecule has 1 aliphatic heterocycles. The molecule has 0 spiro atoms. The fraction of sp³-hybridized carbons (Fsp3) is 0.333. The number of aromatic hydroxyl groups is 2. The van der Waals surface area contributed by atoms with Crippen molar-refractivity contribution in [1.82, 2.24) is 0 Å². The number of phenolic OH excluding ortho intramolecular Hbond substituents is 2. The summed E-state index contributed by atoms with van der Waals surface area (Å²) in [5.41, 5.74) is -1.30. The van der Waals surface area contributed by atoms with Gasteiger partial charge in [-0.2, -0.15) is 0 Å².